The lowest BCUT2D eigenvalue weighted by molar-refractivity contribution is 0.0693. The van der Waals surface area contributed by atoms with Gasteiger partial charge in [0.1, 0.15) is 11.1 Å². The molecule has 1 aliphatic rings. The van der Waals surface area contributed by atoms with Crippen molar-refractivity contribution in [3.63, 3.8) is 0 Å². The van der Waals surface area contributed by atoms with E-state index >= 15 is 0 Å². The zero-order chi connectivity index (χ0) is 22.1. The van der Waals surface area contributed by atoms with Gasteiger partial charge in [0.2, 0.25) is 0 Å². The van der Waals surface area contributed by atoms with E-state index in [0.29, 0.717) is 17.9 Å². The highest BCUT2D eigenvalue weighted by Gasteiger charge is 2.36. The second-order valence-corrected chi connectivity index (χ2v) is 9.23. The van der Waals surface area contributed by atoms with E-state index < -0.39 is 11.4 Å². The summed E-state index contributed by atoms with van der Waals surface area (Å²) in [6.07, 6.45) is 4.04. The standard InChI is InChI=1S/C24H23N3O4/c1-24(2,3)21-10-15-14-6-5-13(17-7-8-26(4)25-17)9-20(14)31-22(15)18-11-19(28)16(23(29)30)12-27(18)21/h5-9,11-12,21H,10H2,1-4H3,(H,29,30). The maximum absolute atomic E-state index is 12.5. The Hall–Kier alpha value is -3.61. The second-order valence-electron chi connectivity index (χ2n) is 9.23. The zero-order valence-electron chi connectivity index (χ0n) is 17.8. The van der Waals surface area contributed by atoms with Crippen molar-refractivity contribution in [3.05, 3.63) is 64.1 Å². The van der Waals surface area contributed by atoms with E-state index in [-0.39, 0.29) is 17.0 Å². The van der Waals surface area contributed by atoms with E-state index in [0.717, 1.165) is 27.8 Å². The summed E-state index contributed by atoms with van der Waals surface area (Å²) in [4.78, 5) is 24.1. The van der Waals surface area contributed by atoms with Crippen molar-refractivity contribution in [3.8, 4) is 22.7 Å². The van der Waals surface area contributed by atoms with Gasteiger partial charge in [0.25, 0.3) is 0 Å². The van der Waals surface area contributed by atoms with Crippen LogP contribution in [-0.4, -0.2) is 25.4 Å². The summed E-state index contributed by atoms with van der Waals surface area (Å²) in [5.41, 5.74) is 3.29. The minimum absolute atomic E-state index is 0.0232. The summed E-state index contributed by atoms with van der Waals surface area (Å²) in [5.74, 6) is -0.592. The Morgan fingerprint density at radius 2 is 2.00 bits per heavy atom. The van der Waals surface area contributed by atoms with E-state index in [4.69, 9.17) is 4.42 Å². The fourth-order valence-corrected chi connectivity index (χ4v) is 4.45. The lowest BCUT2D eigenvalue weighted by Crippen LogP contribution is -2.32. The Labute approximate surface area is 178 Å². The average Bonchev–Trinajstić information content (AvgIpc) is 3.29. The molecule has 31 heavy (non-hydrogen) atoms. The van der Waals surface area contributed by atoms with Crippen molar-refractivity contribution < 1.29 is 14.3 Å². The lowest BCUT2D eigenvalue weighted by Gasteiger charge is -2.37. The number of nitrogens with zero attached hydrogens (tertiary/aromatic N) is 3. The molecule has 1 aromatic carbocycles. The molecule has 0 fully saturated rings. The van der Waals surface area contributed by atoms with Crippen LogP contribution in [0.3, 0.4) is 0 Å². The molecule has 0 amide bonds. The summed E-state index contributed by atoms with van der Waals surface area (Å²) in [7, 11) is 1.88. The Balaban J connectivity index is 1.75. The minimum Gasteiger partial charge on any atom is -0.477 e. The van der Waals surface area contributed by atoms with E-state index in [1.54, 1.807) is 4.68 Å². The van der Waals surface area contributed by atoms with Gasteiger partial charge in [-0.2, -0.15) is 5.10 Å². The zero-order valence-corrected chi connectivity index (χ0v) is 17.8. The average molecular weight is 417 g/mol. The first-order valence-electron chi connectivity index (χ1n) is 10.2. The predicted molar refractivity (Wildman–Crippen MR) is 117 cm³/mol. The molecule has 1 N–H and O–H groups in total. The summed E-state index contributed by atoms with van der Waals surface area (Å²) < 4.78 is 9.91. The molecule has 1 atom stereocenters. The third-order valence-corrected chi connectivity index (χ3v) is 6.08. The molecule has 4 heterocycles. The number of hydrogen-bond acceptors (Lipinski definition) is 4. The first-order valence-corrected chi connectivity index (χ1v) is 10.2. The van der Waals surface area contributed by atoms with E-state index in [9.17, 15) is 14.7 Å². The number of pyridine rings is 1. The molecule has 0 bridgehead atoms. The van der Waals surface area contributed by atoms with Gasteiger partial charge in [-0.25, -0.2) is 4.79 Å². The van der Waals surface area contributed by atoms with Crippen molar-refractivity contribution in [2.24, 2.45) is 12.5 Å². The Morgan fingerprint density at radius 3 is 2.65 bits per heavy atom. The minimum atomic E-state index is -1.22. The van der Waals surface area contributed by atoms with Crippen molar-refractivity contribution in [2.75, 3.05) is 0 Å². The van der Waals surface area contributed by atoms with Gasteiger partial charge in [-0.05, 0) is 24.0 Å². The Morgan fingerprint density at radius 1 is 1.23 bits per heavy atom. The van der Waals surface area contributed by atoms with Crippen molar-refractivity contribution in [1.82, 2.24) is 14.3 Å². The van der Waals surface area contributed by atoms with Crippen LogP contribution in [0.4, 0.5) is 0 Å². The van der Waals surface area contributed by atoms with Crippen molar-refractivity contribution in [2.45, 2.75) is 33.2 Å². The van der Waals surface area contributed by atoms with Gasteiger partial charge < -0.3 is 14.1 Å². The monoisotopic (exact) mass is 417 g/mol. The molecule has 5 rings (SSSR count). The van der Waals surface area contributed by atoms with Crippen molar-refractivity contribution >= 4 is 16.9 Å². The number of rotatable bonds is 2. The molecule has 7 heteroatoms. The Kier molecular flexibility index (Phi) is 4.02. The highest BCUT2D eigenvalue weighted by atomic mass is 16.4. The summed E-state index contributed by atoms with van der Waals surface area (Å²) in [6, 6.07) is 9.35. The van der Waals surface area contributed by atoms with Crippen molar-refractivity contribution in [1.29, 1.82) is 0 Å². The second kappa shape index (κ2) is 6.44. The fraction of sp³-hybridized carbons (Fsp3) is 0.292. The molecule has 0 saturated carbocycles. The number of carbonyl (C=O) groups is 1. The third kappa shape index (κ3) is 3.00. The molecule has 4 aromatic rings. The van der Waals surface area contributed by atoms with Gasteiger partial charge in [0.15, 0.2) is 11.2 Å². The normalized spacial score (nSPS) is 15.7. The number of aromatic carboxylic acids is 1. The quantitative estimate of drug-likeness (QED) is 0.518. The van der Waals surface area contributed by atoms with Crippen LogP contribution < -0.4 is 5.43 Å². The summed E-state index contributed by atoms with van der Waals surface area (Å²) >= 11 is 0. The van der Waals surface area contributed by atoms with Gasteiger partial charge in [-0.1, -0.05) is 32.9 Å². The SMILES string of the molecule is Cn1ccc(-c2ccc3c4c(oc3c2)-c2cc(=O)c(C(=O)O)cn2C(C(C)(C)C)C4)n1. The highest BCUT2D eigenvalue weighted by Crippen LogP contribution is 2.46. The highest BCUT2D eigenvalue weighted by molar-refractivity contribution is 5.92. The van der Waals surface area contributed by atoms with E-state index in [1.807, 2.05) is 42.1 Å². The molecular weight excluding hydrogens is 394 g/mol. The number of benzene rings is 1. The molecule has 0 aliphatic carbocycles. The molecule has 3 aromatic heterocycles. The molecule has 0 radical (unpaired) electrons. The molecule has 0 spiro atoms. The molecule has 7 nitrogen and oxygen atoms in total. The predicted octanol–water partition coefficient (Wildman–Crippen LogP) is 4.50. The van der Waals surface area contributed by atoms with Crippen LogP contribution in [-0.2, 0) is 13.5 Å². The van der Waals surface area contributed by atoms with Crippen LogP contribution in [0.25, 0.3) is 33.7 Å². The number of furan rings is 1. The number of carboxylic acid groups (broad SMARTS) is 1. The smallest absolute Gasteiger partial charge is 0.341 e. The summed E-state index contributed by atoms with van der Waals surface area (Å²) in [5, 5.41) is 14.9. The van der Waals surface area contributed by atoms with Crippen LogP contribution in [0.1, 0.15) is 42.7 Å². The largest absolute Gasteiger partial charge is 0.477 e. The lowest BCUT2D eigenvalue weighted by atomic mass is 9.79. The molecular formula is C24H23N3O4. The van der Waals surface area contributed by atoms with Gasteiger partial charge in [-0.15, -0.1) is 0 Å². The summed E-state index contributed by atoms with van der Waals surface area (Å²) in [6.45, 7) is 6.35. The maximum atomic E-state index is 12.5. The molecule has 1 unspecified atom stereocenters. The number of aryl methyl sites for hydroxylation is 1. The van der Waals surface area contributed by atoms with E-state index in [1.165, 1.54) is 12.3 Å². The van der Waals surface area contributed by atoms with Crippen LogP contribution in [0, 0.1) is 5.41 Å². The molecule has 158 valence electrons. The number of carboxylic acids is 1. The van der Waals surface area contributed by atoms with Gasteiger partial charge in [0, 0.05) is 48.1 Å². The maximum Gasteiger partial charge on any atom is 0.341 e. The molecule has 1 aliphatic heterocycles. The fourth-order valence-electron chi connectivity index (χ4n) is 4.45. The third-order valence-electron chi connectivity index (χ3n) is 6.08. The van der Waals surface area contributed by atoms with Crippen LogP contribution in [0.5, 0.6) is 0 Å². The van der Waals surface area contributed by atoms with Crippen LogP contribution in [0.2, 0.25) is 0 Å². The van der Waals surface area contributed by atoms with Gasteiger partial charge in [0.05, 0.1) is 11.4 Å². The number of fused-ring (bicyclic) bond motifs is 5. The Bertz CT molecular complexity index is 1420. The van der Waals surface area contributed by atoms with Crippen LogP contribution in [0.15, 0.2) is 51.9 Å². The van der Waals surface area contributed by atoms with Gasteiger partial charge in [-0.3, -0.25) is 9.48 Å². The topological polar surface area (TPSA) is 90.3 Å². The number of hydrogen-bond donors (Lipinski definition) is 1. The van der Waals surface area contributed by atoms with Crippen LogP contribution >= 0.6 is 0 Å². The first kappa shape index (κ1) is 19.4. The first-order chi connectivity index (χ1) is 14.6. The number of aromatic nitrogens is 3. The van der Waals surface area contributed by atoms with E-state index in [2.05, 4.69) is 25.9 Å². The van der Waals surface area contributed by atoms with Gasteiger partial charge >= 0.3 is 5.97 Å². The molecule has 0 saturated heterocycles.